The summed E-state index contributed by atoms with van der Waals surface area (Å²) >= 11 is 0. The Balaban J connectivity index is 1.77. The Morgan fingerprint density at radius 1 is 0.818 bits per heavy atom. The molecule has 0 aliphatic carbocycles. The highest BCUT2D eigenvalue weighted by Crippen LogP contribution is 2.18. The van der Waals surface area contributed by atoms with Gasteiger partial charge in [-0.25, -0.2) is 0 Å². The van der Waals surface area contributed by atoms with Crippen LogP contribution in [0.1, 0.15) is 16.7 Å². The molecule has 0 unspecified atom stereocenters. The van der Waals surface area contributed by atoms with Crippen molar-refractivity contribution in [2.75, 3.05) is 27.2 Å². The van der Waals surface area contributed by atoms with Gasteiger partial charge in [0.05, 0.1) is 0 Å². The molecule has 3 nitrogen and oxygen atoms in total. The average molecular weight is 298 g/mol. The van der Waals surface area contributed by atoms with E-state index in [1.165, 1.54) is 5.56 Å². The molecule has 118 valence electrons. The molecule has 2 aromatic rings. The highest BCUT2D eigenvalue weighted by molar-refractivity contribution is 5.35. The van der Waals surface area contributed by atoms with Crippen molar-refractivity contribution in [3.05, 3.63) is 65.2 Å². The van der Waals surface area contributed by atoms with E-state index in [9.17, 15) is 5.11 Å². The van der Waals surface area contributed by atoms with E-state index in [1.54, 1.807) is 0 Å². The lowest BCUT2D eigenvalue weighted by Gasteiger charge is -2.22. The van der Waals surface area contributed by atoms with E-state index in [2.05, 4.69) is 54.2 Å². The third-order valence-corrected chi connectivity index (χ3v) is 3.88. The van der Waals surface area contributed by atoms with Crippen molar-refractivity contribution in [1.29, 1.82) is 0 Å². The second kappa shape index (κ2) is 7.97. The predicted molar refractivity (Wildman–Crippen MR) is 92.0 cm³/mol. The fraction of sp³-hybridized carbons (Fsp3) is 0.368. The molecule has 0 saturated heterocycles. The second-order valence-electron chi connectivity index (χ2n) is 6.08. The molecule has 0 heterocycles. The van der Waals surface area contributed by atoms with Gasteiger partial charge in [-0.1, -0.05) is 42.5 Å². The number of phenolic OH excluding ortho intramolecular Hbond substituents is 1. The SMILES string of the molecule is Cc1ccc(CN(C)CCN(C)Cc2ccccc2)cc1O. The summed E-state index contributed by atoms with van der Waals surface area (Å²) in [5.74, 6) is 0.382. The zero-order valence-corrected chi connectivity index (χ0v) is 13.8. The van der Waals surface area contributed by atoms with Crippen LogP contribution < -0.4 is 0 Å². The number of aryl methyl sites for hydroxylation is 1. The minimum atomic E-state index is 0.382. The normalized spacial score (nSPS) is 11.3. The highest BCUT2D eigenvalue weighted by atomic mass is 16.3. The van der Waals surface area contributed by atoms with Gasteiger partial charge in [-0.2, -0.15) is 0 Å². The molecule has 3 heteroatoms. The summed E-state index contributed by atoms with van der Waals surface area (Å²) in [6, 6.07) is 16.5. The Morgan fingerprint density at radius 3 is 2.00 bits per heavy atom. The van der Waals surface area contributed by atoms with E-state index in [4.69, 9.17) is 0 Å². The minimum absolute atomic E-state index is 0.382. The number of benzene rings is 2. The number of likely N-dealkylation sites (N-methyl/N-ethyl adjacent to an activating group) is 2. The first-order chi connectivity index (χ1) is 10.5. The lowest BCUT2D eigenvalue weighted by molar-refractivity contribution is 0.247. The summed E-state index contributed by atoms with van der Waals surface area (Å²) in [6.07, 6.45) is 0. The fourth-order valence-electron chi connectivity index (χ4n) is 2.46. The van der Waals surface area contributed by atoms with Crippen LogP contribution in [0.25, 0.3) is 0 Å². The van der Waals surface area contributed by atoms with Gasteiger partial charge in [-0.15, -0.1) is 0 Å². The van der Waals surface area contributed by atoms with Crippen molar-refractivity contribution in [3.8, 4) is 5.75 Å². The molecule has 0 aliphatic heterocycles. The van der Waals surface area contributed by atoms with Gasteiger partial charge >= 0.3 is 0 Å². The predicted octanol–water partition coefficient (Wildman–Crippen LogP) is 3.26. The van der Waals surface area contributed by atoms with Gasteiger partial charge in [0.25, 0.3) is 0 Å². The van der Waals surface area contributed by atoms with Crippen LogP contribution in [-0.2, 0) is 13.1 Å². The summed E-state index contributed by atoms with van der Waals surface area (Å²) < 4.78 is 0. The van der Waals surface area contributed by atoms with Crippen LogP contribution in [0.5, 0.6) is 5.75 Å². The molecule has 0 saturated carbocycles. The van der Waals surface area contributed by atoms with Gasteiger partial charge in [0.15, 0.2) is 0 Å². The maximum absolute atomic E-state index is 9.77. The molecular formula is C19H26N2O. The number of phenols is 1. The number of rotatable bonds is 7. The Morgan fingerprint density at radius 2 is 1.41 bits per heavy atom. The van der Waals surface area contributed by atoms with Crippen molar-refractivity contribution >= 4 is 0 Å². The Labute approximate surface area is 133 Å². The number of nitrogens with zero attached hydrogens (tertiary/aromatic N) is 2. The highest BCUT2D eigenvalue weighted by Gasteiger charge is 2.05. The van der Waals surface area contributed by atoms with Crippen LogP contribution in [-0.4, -0.2) is 42.1 Å². The fourth-order valence-corrected chi connectivity index (χ4v) is 2.46. The van der Waals surface area contributed by atoms with Crippen LogP contribution in [0.2, 0.25) is 0 Å². The van der Waals surface area contributed by atoms with E-state index in [1.807, 2.05) is 25.1 Å². The van der Waals surface area contributed by atoms with Crippen molar-refractivity contribution in [3.63, 3.8) is 0 Å². The van der Waals surface area contributed by atoms with Crippen molar-refractivity contribution < 1.29 is 5.11 Å². The van der Waals surface area contributed by atoms with E-state index < -0.39 is 0 Å². The second-order valence-corrected chi connectivity index (χ2v) is 6.08. The molecule has 0 aliphatic rings. The summed E-state index contributed by atoms with van der Waals surface area (Å²) in [6.45, 7) is 5.76. The molecule has 0 atom stereocenters. The van der Waals surface area contributed by atoms with Gasteiger partial charge < -0.3 is 14.9 Å². The summed E-state index contributed by atoms with van der Waals surface area (Å²) in [5.41, 5.74) is 3.42. The maximum atomic E-state index is 9.77. The van der Waals surface area contributed by atoms with Crippen LogP contribution >= 0.6 is 0 Å². The molecule has 2 rings (SSSR count). The van der Waals surface area contributed by atoms with Crippen LogP contribution in [0.3, 0.4) is 0 Å². The van der Waals surface area contributed by atoms with Crippen LogP contribution in [0, 0.1) is 6.92 Å². The first-order valence-electron chi connectivity index (χ1n) is 7.74. The molecule has 0 aromatic heterocycles. The topological polar surface area (TPSA) is 26.7 Å². The molecule has 1 N–H and O–H groups in total. The number of aromatic hydroxyl groups is 1. The standard InChI is InChI=1S/C19H26N2O/c1-16-9-10-18(13-19(16)22)15-21(3)12-11-20(2)14-17-7-5-4-6-8-17/h4-10,13,22H,11-12,14-15H2,1-3H3. The lowest BCUT2D eigenvalue weighted by Crippen LogP contribution is -2.30. The zero-order valence-electron chi connectivity index (χ0n) is 13.8. The summed E-state index contributed by atoms with van der Waals surface area (Å²) in [5, 5.41) is 9.77. The largest absolute Gasteiger partial charge is 0.508 e. The quantitative estimate of drug-likeness (QED) is 0.850. The first kappa shape index (κ1) is 16.5. The minimum Gasteiger partial charge on any atom is -0.508 e. The summed E-state index contributed by atoms with van der Waals surface area (Å²) in [7, 11) is 4.27. The molecule has 22 heavy (non-hydrogen) atoms. The summed E-state index contributed by atoms with van der Waals surface area (Å²) in [4.78, 5) is 4.62. The molecule has 0 radical (unpaired) electrons. The number of hydrogen-bond acceptors (Lipinski definition) is 3. The van der Waals surface area contributed by atoms with E-state index >= 15 is 0 Å². The van der Waals surface area contributed by atoms with Crippen LogP contribution in [0.4, 0.5) is 0 Å². The Bertz CT molecular complexity index is 583. The van der Waals surface area contributed by atoms with E-state index in [-0.39, 0.29) is 0 Å². The molecule has 0 fully saturated rings. The molecule has 0 amide bonds. The average Bonchev–Trinajstić information content (AvgIpc) is 2.50. The third-order valence-electron chi connectivity index (χ3n) is 3.88. The smallest absolute Gasteiger partial charge is 0.118 e. The van der Waals surface area contributed by atoms with Gasteiger partial charge in [-0.05, 0) is 43.8 Å². The van der Waals surface area contributed by atoms with Gasteiger partial charge in [0.2, 0.25) is 0 Å². The van der Waals surface area contributed by atoms with Crippen molar-refractivity contribution in [2.24, 2.45) is 0 Å². The molecule has 0 bridgehead atoms. The van der Waals surface area contributed by atoms with Crippen LogP contribution in [0.15, 0.2) is 48.5 Å². The van der Waals surface area contributed by atoms with Gasteiger partial charge in [0, 0.05) is 26.2 Å². The first-order valence-corrected chi connectivity index (χ1v) is 7.74. The molecule has 2 aromatic carbocycles. The molecular weight excluding hydrogens is 272 g/mol. The van der Waals surface area contributed by atoms with E-state index in [0.717, 1.165) is 37.3 Å². The van der Waals surface area contributed by atoms with E-state index in [0.29, 0.717) is 5.75 Å². The Kier molecular flexibility index (Phi) is 5.99. The van der Waals surface area contributed by atoms with Gasteiger partial charge in [-0.3, -0.25) is 0 Å². The van der Waals surface area contributed by atoms with Crippen molar-refractivity contribution in [2.45, 2.75) is 20.0 Å². The Hall–Kier alpha value is -1.84. The van der Waals surface area contributed by atoms with Crippen molar-refractivity contribution in [1.82, 2.24) is 9.80 Å². The number of hydrogen-bond donors (Lipinski definition) is 1. The third kappa shape index (κ3) is 5.17. The van der Waals surface area contributed by atoms with Gasteiger partial charge in [0.1, 0.15) is 5.75 Å². The molecule has 0 spiro atoms. The monoisotopic (exact) mass is 298 g/mol. The maximum Gasteiger partial charge on any atom is 0.118 e. The lowest BCUT2D eigenvalue weighted by atomic mass is 10.1. The zero-order chi connectivity index (χ0) is 15.9.